The Hall–Kier alpha value is -0.820. The number of benzene rings is 1. The maximum absolute atomic E-state index is 4.50. The molecular formula is C13H23N. The summed E-state index contributed by atoms with van der Waals surface area (Å²) >= 11 is 0. The predicted octanol–water partition coefficient (Wildman–Crippen LogP) is 3.16. The third-order valence-corrected chi connectivity index (χ3v) is 2.09. The van der Waals surface area contributed by atoms with Crippen LogP contribution in [0, 0.1) is 12.8 Å². The van der Waals surface area contributed by atoms with Crippen molar-refractivity contribution in [2.75, 3.05) is 7.05 Å². The van der Waals surface area contributed by atoms with Crippen molar-refractivity contribution in [1.82, 2.24) is 0 Å². The molecule has 1 aromatic carbocycles. The Morgan fingerprint density at radius 2 is 1.86 bits per heavy atom. The molecule has 0 amide bonds. The van der Waals surface area contributed by atoms with Crippen LogP contribution in [0.4, 0.5) is 0 Å². The number of rotatable bonds is 3. The maximum Gasteiger partial charge on any atom is -0.0195 e. The molecule has 0 aromatic heterocycles. The summed E-state index contributed by atoms with van der Waals surface area (Å²) in [6, 6.07) is 8.79. The number of aryl methyl sites for hydroxylation is 2. The van der Waals surface area contributed by atoms with Crippen molar-refractivity contribution in [1.29, 1.82) is 0 Å². The highest BCUT2D eigenvalue weighted by Gasteiger charge is 1.96. The van der Waals surface area contributed by atoms with Crippen LogP contribution >= 0.6 is 0 Å². The quantitative estimate of drug-likeness (QED) is 0.784. The molecule has 0 fully saturated rings. The Bertz CT molecular complexity index is 241. The van der Waals surface area contributed by atoms with Crippen LogP contribution in [0.2, 0.25) is 0 Å². The van der Waals surface area contributed by atoms with Crippen LogP contribution in [-0.2, 0) is 6.42 Å². The zero-order chi connectivity index (χ0) is 11.0. The fourth-order valence-corrected chi connectivity index (χ4v) is 1.32. The lowest BCUT2D eigenvalue weighted by atomic mass is 10.0. The fourth-order valence-electron chi connectivity index (χ4n) is 1.32. The third-order valence-electron chi connectivity index (χ3n) is 2.09. The van der Waals surface area contributed by atoms with E-state index < -0.39 is 0 Å². The Labute approximate surface area is 88.3 Å². The van der Waals surface area contributed by atoms with Gasteiger partial charge in [0, 0.05) is 0 Å². The first kappa shape index (κ1) is 13.2. The molecule has 0 saturated heterocycles. The van der Waals surface area contributed by atoms with E-state index in [-0.39, 0.29) is 0 Å². The van der Waals surface area contributed by atoms with Gasteiger partial charge < -0.3 is 5.73 Å². The van der Waals surface area contributed by atoms with Crippen molar-refractivity contribution in [2.45, 2.75) is 33.6 Å². The fraction of sp³-hybridized carbons (Fsp3) is 0.538. The van der Waals surface area contributed by atoms with Gasteiger partial charge in [0.15, 0.2) is 0 Å². The monoisotopic (exact) mass is 193 g/mol. The SMILES string of the molecule is CN.Cc1cccc(CCC(C)C)c1. The van der Waals surface area contributed by atoms with Crippen molar-refractivity contribution in [3.63, 3.8) is 0 Å². The largest absolute Gasteiger partial charge is 0.333 e. The van der Waals surface area contributed by atoms with Gasteiger partial charge in [-0.05, 0) is 38.3 Å². The molecule has 0 spiro atoms. The van der Waals surface area contributed by atoms with Gasteiger partial charge in [0.25, 0.3) is 0 Å². The summed E-state index contributed by atoms with van der Waals surface area (Å²) in [6.07, 6.45) is 2.52. The minimum absolute atomic E-state index is 0.811. The summed E-state index contributed by atoms with van der Waals surface area (Å²) in [5, 5.41) is 0. The molecule has 0 unspecified atom stereocenters. The molecule has 1 aromatic rings. The normalized spacial score (nSPS) is 9.57. The van der Waals surface area contributed by atoms with Gasteiger partial charge in [-0.1, -0.05) is 43.7 Å². The second kappa shape index (κ2) is 7.57. The summed E-state index contributed by atoms with van der Waals surface area (Å²) in [6.45, 7) is 6.70. The van der Waals surface area contributed by atoms with E-state index in [2.05, 4.69) is 50.8 Å². The Balaban J connectivity index is 0.000000791. The minimum Gasteiger partial charge on any atom is -0.333 e. The van der Waals surface area contributed by atoms with E-state index in [1.807, 2.05) is 0 Å². The highest BCUT2D eigenvalue weighted by atomic mass is 14.4. The van der Waals surface area contributed by atoms with Crippen molar-refractivity contribution in [2.24, 2.45) is 11.7 Å². The molecule has 0 radical (unpaired) electrons. The average Bonchev–Trinajstić information content (AvgIpc) is 2.18. The Morgan fingerprint density at radius 3 is 2.36 bits per heavy atom. The van der Waals surface area contributed by atoms with E-state index in [1.165, 1.54) is 31.0 Å². The smallest absolute Gasteiger partial charge is 0.0195 e. The van der Waals surface area contributed by atoms with Crippen LogP contribution in [0.15, 0.2) is 24.3 Å². The predicted molar refractivity (Wildman–Crippen MR) is 64.4 cm³/mol. The first-order valence-corrected chi connectivity index (χ1v) is 5.32. The average molecular weight is 193 g/mol. The highest BCUT2D eigenvalue weighted by molar-refractivity contribution is 5.22. The summed E-state index contributed by atoms with van der Waals surface area (Å²) in [4.78, 5) is 0. The van der Waals surface area contributed by atoms with Gasteiger partial charge in [-0.25, -0.2) is 0 Å². The van der Waals surface area contributed by atoms with Crippen LogP contribution in [-0.4, -0.2) is 7.05 Å². The van der Waals surface area contributed by atoms with E-state index in [0.717, 1.165) is 5.92 Å². The topological polar surface area (TPSA) is 26.0 Å². The van der Waals surface area contributed by atoms with Gasteiger partial charge in [0.05, 0.1) is 0 Å². The standard InChI is InChI=1S/C12H18.CH5N/c1-10(2)7-8-12-6-4-5-11(3)9-12;1-2/h4-6,9-10H,7-8H2,1-3H3;2H2,1H3. The molecule has 80 valence electrons. The molecule has 1 nitrogen and oxygen atoms in total. The zero-order valence-electron chi connectivity index (χ0n) is 9.88. The third kappa shape index (κ3) is 5.76. The number of hydrogen-bond donors (Lipinski definition) is 1. The number of hydrogen-bond acceptors (Lipinski definition) is 1. The Morgan fingerprint density at radius 1 is 1.21 bits per heavy atom. The van der Waals surface area contributed by atoms with Gasteiger partial charge in [-0.15, -0.1) is 0 Å². The lowest BCUT2D eigenvalue weighted by Crippen LogP contribution is -1.92. The number of nitrogens with two attached hydrogens (primary N) is 1. The molecule has 0 heterocycles. The molecule has 1 rings (SSSR count). The van der Waals surface area contributed by atoms with Crippen molar-refractivity contribution >= 4 is 0 Å². The molecule has 0 atom stereocenters. The van der Waals surface area contributed by atoms with Gasteiger partial charge in [0.2, 0.25) is 0 Å². The van der Waals surface area contributed by atoms with Crippen LogP contribution in [0.25, 0.3) is 0 Å². The second-order valence-corrected chi connectivity index (χ2v) is 3.92. The van der Waals surface area contributed by atoms with Gasteiger partial charge in [-0.2, -0.15) is 0 Å². The van der Waals surface area contributed by atoms with Crippen LogP contribution in [0.1, 0.15) is 31.4 Å². The molecule has 0 aliphatic carbocycles. The molecule has 0 aliphatic heterocycles. The first-order chi connectivity index (χ1) is 6.68. The van der Waals surface area contributed by atoms with E-state index in [1.54, 1.807) is 0 Å². The maximum atomic E-state index is 4.50. The van der Waals surface area contributed by atoms with Gasteiger partial charge in [0.1, 0.15) is 0 Å². The first-order valence-electron chi connectivity index (χ1n) is 5.32. The van der Waals surface area contributed by atoms with E-state index in [4.69, 9.17) is 0 Å². The summed E-state index contributed by atoms with van der Waals surface area (Å²) < 4.78 is 0. The van der Waals surface area contributed by atoms with Crippen molar-refractivity contribution in [3.8, 4) is 0 Å². The molecule has 2 N–H and O–H groups in total. The van der Waals surface area contributed by atoms with E-state index >= 15 is 0 Å². The second-order valence-electron chi connectivity index (χ2n) is 3.92. The van der Waals surface area contributed by atoms with Crippen molar-refractivity contribution < 1.29 is 0 Å². The van der Waals surface area contributed by atoms with E-state index in [9.17, 15) is 0 Å². The van der Waals surface area contributed by atoms with Crippen LogP contribution < -0.4 is 5.73 Å². The summed E-state index contributed by atoms with van der Waals surface area (Å²) in [7, 11) is 1.50. The molecule has 0 bridgehead atoms. The lowest BCUT2D eigenvalue weighted by Gasteiger charge is -2.04. The summed E-state index contributed by atoms with van der Waals surface area (Å²) in [5.74, 6) is 0.811. The van der Waals surface area contributed by atoms with Crippen LogP contribution in [0.5, 0.6) is 0 Å². The Kier molecular flexibility index (Phi) is 7.13. The molecule has 1 heteroatoms. The van der Waals surface area contributed by atoms with Crippen LogP contribution in [0.3, 0.4) is 0 Å². The zero-order valence-corrected chi connectivity index (χ0v) is 9.88. The lowest BCUT2D eigenvalue weighted by molar-refractivity contribution is 0.586. The van der Waals surface area contributed by atoms with Gasteiger partial charge >= 0.3 is 0 Å². The van der Waals surface area contributed by atoms with Crippen molar-refractivity contribution in [3.05, 3.63) is 35.4 Å². The highest BCUT2D eigenvalue weighted by Crippen LogP contribution is 2.10. The summed E-state index contributed by atoms with van der Waals surface area (Å²) in [5.41, 5.74) is 7.35. The molecule has 0 saturated carbocycles. The minimum atomic E-state index is 0.811. The molecule has 0 aliphatic rings. The molecule has 14 heavy (non-hydrogen) atoms. The van der Waals surface area contributed by atoms with E-state index in [0.29, 0.717) is 0 Å². The van der Waals surface area contributed by atoms with Gasteiger partial charge in [-0.3, -0.25) is 0 Å². The molecular weight excluding hydrogens is 170 g/mol.